The van der Waals surface area contributed by atoms with E-state index in [0.717, 1.165) is 23.4 Å². The van der Waals surface area contributed by atoms with Gasteiger partial charge in [0.15, 0.2) is 5.54 Å². The highest BCUT2D eigenvalue weighted by Crippen LogP contribution is 2.49. The molecule has 1 fully saturated rings. The number of primary amides is 2. The zero-order valence-electron chi connectivity index (χ0n) is 23.3. The highest BCUT2D eigenvalue weighted by Gasteiger charge is 2.65. The van der Waals surface area contributed by atoms with Crippen LogP contribution in [0.4, 0.5) is 23.2 Å². The SMILES string of the molecule is NCc1cccc(N2NC(C(F)(F)F)=CC2(C(N)=O)C2(N)C=CC=C(CCC(c3cccc(C(N)=O)c3)C3CC3)C2F)c1. The Kier molecular flexibility index (Phi) is 7.86. The number of anilines is 1. The number of amides is 2. The van der Waals surface area contributed by atoms with E-state index < -0.39 is 40.9 Å². The highest BCUT2D eigenvalue weighted by molar-refractivity contribution is 5.95. The van der Waals surface area contributed by atoms with Crippen LogP contribution in [-0.4, -0.2) is 35.2 Å². The molecule has 0 saturated heterocycles. The lowest BCUT2D eigenvalue weighted by atomic mass is 9.68. The summed E-state index contributed by atoms with van der Waals surface area (Å²) in [6.45, 7) is 0.0710. The normalized spacial score (nSPS) is 26.0. The molecule has 9 N–H and O–H groups in total. The second-order valence-electron chi connectivity index (χ2n) is 11.4. The van der Waals surface area contributed by atoms with E-state index in [0.29, 0.717) is 29.5 Å². The van der Waals surface area contributed by atoms with Crippen molar-refractivity contribution in [3.05, 3.63) is 101 Å². The predicted octanol–water partition coefficient (Wildman–Crippen LogP) is 3.74. The van der Waals surface area contributed by atoms with Crippen molar-refractivity contribution in [2.24, 2.45) is 28.9 Å². The van der Waals surface area contributed by atoms with Crippen molar-refractivity contribution in [2.45, 2.75) is 61.6 Å². The summed E-state index contributed by atoms with van der Waals surface area (Å²) in [7, 11) is 0. The fourth-order valence-corrected chi connectivity index (χ4v) is 6.22. The number of hydrogen-bond donors (Lipinski definition) is 5. The van der Waals surface area contributed by atoms with Gasteiger partial charge in [0.05, 0.1) is 5.69 Å². The van der Waals surface area contributed by atoms with Crippen LogP contribution in [-0.2, 0) is 11.3 Å². The lowest BCUT2D eigenvalue weighted by molar-refractivity contribution is -0.123. The molecule has 12 heteroatoms. The number of hydrogen-bond acceptors (Lipinski definition) is 6. The summed E-state index contributed by atoms with van der Waals surface area (Å²) in [5.74, 6) is -1.49. The first-order chi connectivity index (χ1) is 20.3. The van der Waals surface area contributed by atoms with Crippen molar-refractivity contribution in [1.29, 1.82) is 0 Å². The molecule has 1 saturated carbocycles. The van der Waals surface area contributed by atoms with E-state index in [1.807, 2.05) is 6.07 Å². The van der Waals surface area contributed by atoms with Gasteiger partial charge in [-0.3, -0.25) is 20.0 Å². The van der Waals surface area contributed by atoms with E-state index in [4.69, 9.17) is 22.9 Å². The van der Waals surface area contributed by atoms with E-state index in [-0.39, 0.29) is 30.1 Å². The molecule has 2 amide bonds. The molecule has 228 valence electrons. The van der Waals surface area contributed by atoms with Gasteiger partial charge in [-0.2, -0.15) is 13.2 Å². The molecule has 3 aliphatic rings. The Morgan fingerprint density at radius 1 is 1.09 bits per heavy atom. The van der Waals surface area contributed by atoms with Gasteiger partial charge in [0, 0.05) is 12.1 Å². The van der Waals surface area contributed by atoms with Crippen LogP contribution in [0.25, 0.3) is 0 Å². The molecule has 2 aliphatic carbocycles. The molecule has 2 aromatic carbocycles. The first-order valence-corrected chi connectivity index (χ1v) is 14.0. The van der Waals surface area contributed by atoms with Gasteiger partial charge in [-0.1, -0.05) is 42.5 Å². The largest absolute Gasteiger partial charge is 0.432 e. The standard InChI is InChI=1S/C31H34F4N6O2/c32-26-20(11-12-24(19-9-10-19)21-5-2-6-22(15-21)27(37)42)7-3-13-29(26,39)30(28(38)43)16-25(31(33,34)35)40-41(30)23-8-1-4-18(14-23)17-36/h1-8,13-16,19,24,26,40H,9-12,17,36,39H2,(H2,37,42)(H2,38,43). The van der Waals surface area contributed by atoms with E-state index in [1.165, 1.54) is 30.4 Å². The molecule has 2 aromatic rings. The number of nitrogens with zero attached hydrogens (tertiary/aromatic N) is 1. The van der Waals surface area contributed by atoms with Gasteiger partial charge in [0.25, 0.3) is 5.91 Å². The van der Waals surface area contributed by atoms with Crippen LogP contribution in [0.2, 0.25) is 0 Å². The predicted molar refractivity (Wildman–Crippen MR) is 155 cm³/mol. The summed E-state index contributed by atoms with van der Waals surface area (Å²) in [5, 5.41) is 0.888. The molecular weight excluding hydrogens is 564 g/mol. The number of rotatable bonds is 10. The Morgan fingerprint density at radius 2 is 1.81 bits per heavy atom. The lowest BCUT2D eigenvalue weighted by Gasteiger charge is -2.49. The van der Waals surface area contributed by atoms with Crippen molar-refractivity contribution >= 4 is 17.5 Å². The van der Waals surface area contributed by atoms with Crippen LogP contribution in [0.15, 0.2) is 84.1 Å². The zero-order valence-corrected chi connectivity index (χ0v) is 23.3. The molecule has 8 nitrogen and oxygen atoms in total. The average Bonchev–Trinajstić information content (AvgIpc) is 3.71. The van der Waals surface area contributed by atoms with Gasteiger partial charge in [0.1, 0.15) is 17.4 Å². The third kappa shape index (κ3) is 5.40. The Balaban J connectivity index is 1.50. The number of carbonyl (C=O) groups is 2. The summed E-state index contributed by atoms with van der Waals surface area (Å²) in [4.78, 5) is 25.0. The van der Waals surface area contributed by atoms with Crippen molar-refractivity contribution in [2.75, 3.05) is 5.01 Å². The number of alkyl halides is 4. The first kappa shape index (κ1) is 30.3. The minimum Gasteiger partial charge on any atom is -0.367 e. The molecule has 0 aromatic heterocycles. The van der Waals surface area contributed by atoms with Crippen molar-refractivity contribution in [1.82, 2.24) is 5.43 Å². The number of nitrogens with one attached hydrogen (secondary N) is 1. The number of hydrazine groups is 1. The Hall–Kier alpha value is -4.16. The average molecular weight is 599 g/mol. The smallest absolute Gasteiger partial charge is 0.367 e. The molecule has 4 atom stereocenters. The monoisotopic (exact) mass is 598 g/mol. The van der Waals surface area contributed by atoms with Crippen LogP contribution in [0.1, 0.15) is 53.1 Å². The number of halogens is 4. The maximum absolute atomic E-state index is 16.8. The van der Waals surface area contributed by atoms with Gasteiger partial charge in [0.2, 0.25) is 5.91 Å². The molecule has 43 heavy (non-hydrogen) atoms. The van der Waals surface area contributed by atoms with Crippen LogP contribution in [0.3, 0.4) is 0 Å². The third-order valence-electron chi connectivity index (χ3n) is 8.65. The maximum Gasteiger partial charge on any atom is 0.432 e. The molecular formula is C31H34F4N6O2. The molecule has 1 heterocycles. The summed E-state index contributed by atoms with van der Waals surface area (Å²) in [6.07, 6.45) is 0.387. The molecule has 5 rings (SSSR count). The zero-order chi connectivity index (χ0) is 31.2. The van der Waals surface area contributed by atoms with E-state index in [9.17, 15) is 22.8 Å². The summed E-state index contributed by atoms with van der Waals surface area (Å²) >= 11 is 0. The van der Waals surface area contributed by atoms with Crippen LogP contribution in [0, 0.1) is 5.92 Å². The van der Waals surface area contributed by atoms with Crippen molar-refractivity contribution in [3.8, 4) is 0 Å². The summed E-state index contributed by atoms with van der Waals surface area (Å²) in [5.41, 5.74) is 22.0. The number of carbonyl (C=O) groups excluding carboxylic acids is 2. The number of benzene rings is 2. The van der Waals surface area contributed by atoms with E-state index >= 15 is 4.39 Å². The van der Waals surface area contributed by atoms with Crippen LogP contribution in [0.5, 0.6) is 0 Å². The van der Waals surface area contributed by atoms with Crippen LogP contribution < -0.4 is 33.4 Å². The minimum atomic E-state index is -4.92. The van der Waals surface area contributed by atoms with Crippen molar-refractivity contribution in [3.63, 3.8) is 0 Å². The second-order valence-corrected chi connectivity index (χ2v) is 11.4. The lowest BCUT2D eigenvalue weighted by Crippen LogP contribution is -2.76. The molecule has 0 bridgehead atoms. The summed E-state index contributed by atoms with van der Waals surface area (Å²) in [6, 6.07) is 13.2. The molecule has 1 aliphatic heterocycles. The van der Waals surface area contributed by atoms with Crippen LogP contribution >= 0.6 is 0 Å². The van der Waals surface area contributed by atoms with E-state index in [1.54, 1.807) is 30.3 Å². The number of nitrogens with two attached hydrogens (primary N) is 4. The fraction of sp³-hybridized carbons (Fsp3) is 0.355. The van der Waals surface area contributed by atoms with Gasteiger partial charge >= 0.3 is 6.18 Å². The van der Waals surface area contributed by atoms with E-state index in [2.05, 4.69) is 5.43 Å². The molecule has 0 radical (unpaired) electrons. The number of allylic oxidation sites excluding steroid dienone is 3. The maximum atomic E-state index is 16.8. The fourth-order valence-electron chi connectivity index (χ4n) is 6.22. The Bertz CT molecular complexity index is 1520. The molecule has 0 spiro atoms. The molecule has 4 unspecified atom stereocenters. The van der Waals surface area contributed by atoms with Gasteiger partial charge in [-0.15, -0.1) is 0 Å². The van der Waals surface area contributed by atoms with Gasteiger partial charge in [-0.05, 0) is 84.6 Å². The van der Waals surface area contributed by atoms with Gasteiger partial charge in [-0.25, -0.2) is 4.39 Å². The second kappa shape index (κ2) is 11.2. The third-order valence-corrected chi connectivity index (χ3v) is 8.65. The quantitative estimate of drug-likeness (QED) is 0.263. The highest BCUT2D eigenvalue weighted by atomic mass is 19.4. The summed E-state index contributed by atoms with van der Waals surface area (Å²) < 4.78 is 59.0. The van der Waals surface area contributed by atoms with Crippen molar-refractivity contribution < 1.29 is 27.2 Å². The first-order valence-electron chi connectivity index (χ1n) is 14.0. The topological polar surface area (TPSA) is 153 Å². The minimum absolute atomic E-state index is 0.00374. The Morgan fingerprint density at radius 3 is 2.44 bits per heavy atom. The Labute approximate surface area is 246 Å². The van der Waals surface area contributed by atoms with Gasteiger partial charge < -0.3 is 22.9 Å².